The van der Waals surface area contributed by atoms with E-state index < -0.39 is 5.82 Å². The molecule has 2 aliphatic heterocycles. The molecule has 2 aromatic rings. The van der Waals surface area contributed by atoms with Crippen molar-refractivity contribution in [2.45, 2.75) is 50.4 Å². The normalized spacial score (nSPS) is 24.9. The van der Waals surface area contributed by atoms with Crippen LogP contribution < -0.4 is 0 Å². The molecule has 1 aromatic carbocycles. The molecule has 8 heteroatoms. The molecular formula is C18H20BrFN4O2. The number of fused-ring (bicyclic) bond motifs is 2. The number of ether oxygens (including phenoxy) is 1. The molecule has 0 radical (unpaired) electrons. The molecule has 0 saturated carbocycles. The van der Waals surface area contributed by atoms with Gasteiger partial charge in [-0.05, 0) is 43.9 Å². The van der Waals surface area contributed by atoms with Crippen LogP contribution in [0.2, 0.25) is 0 Å². The fraction of sp³-hybridized carbons (Fsp3) is 0.500. The fourth-order valence-corrected chi connectivity index (χ4v) is 4.54. The lowest BCUT2D eigenvalue weighted by Crippen LogP contribution is -2.47. The van der Waals surface area contributed by atoms with Gasteiger partial charge in [0.15, 0.2) is 0 Å². The minimum absolute atomic E-state index is 0.115. The van der Waals surface area contributed by atoms with E-state index in [4.69, 9.17) is 4.74 Å². The molecule has 0 spiro atoms. The van der Waals surface area contributed by atoms with E-state index >= 15 is 0 Å². The standard InChI is InChI=1S/C18H20BrFN4O2/c1-26-10-12-9-23(22-21-12)15-7-13-3-4-14(8-15)24(13)18(25)16-5-2-11(19)6-17(16)20/h2,5-6,9,13-15H,3-4,7-8,10H2,1H3. The average Bonchev–Trinajstić information content (AvgIpc) is 3.17. The third-order valence-corrected chi connectivity index (χ3v) is 5.82. The summed E-state index contributed by atoms with van der Waals surface area (Å²) in [5.74, 6) is -0.689. The Bertz CT molecular complexity index is 813. The van der Waals surface area contributed by atoms with Gasteiger partial charge in [-0.2, -0.15) is 0 Å². The van der Waals surface area contributed by atoms with Crippen molar-refractivity contribution in [2.75, 3.05) is 7.11 Å². The van der Waals surface area contributed by atoms with E-state index in [-0.39, 0.29) is 29.6 Å². The summed E-state index contributed by atoms with van der Waals surface area (Å²) in [5, 5.41) is 8.35. The summed E-state index contributed by atoms with van der Waals surface area (Å²) in [7, 11) is 1.63. The Hall–Kier alpha value is -1.80. The zero-order valence-corrected chi connectivity index (χ0v) is 16.0. The van der Waals surface area contributed by atoms with Crippen molar-refractivity contribution in [1.82, 2.24) is 19.9 Å². The number of carbonyl (C=O) groups is 1. The first-order valence-corrected chi connectivity index (χ1v) is 9.53. The summed E-state index contributed by atoms with van der Waals surface area (Å²) < 4.78 is 21.8. The number of benzene rings is 1. The molecule has 1 amide bonds. The van der Waals surface area contributed by atoms with E-state index in [2.05, 4.69) is 26.2 Å². The third kappa shape index (κ3) is 3.16. The van der Waals surface area contributed by atoms with Gasteiger partial charge < -0.3 is 9.64 Å². The van der Waals surface area contributed by atoms with Gasteiger partial charge in [-0.1, -0.05) is 21.1 Å². The van der Waals surface area contributed by atoms with Crippen LogP contribution in [0.15, 0.2) is 28.9 Å². The van der Waals surface area contributed by atoms with Gasteiger partial charge in [0, 0.05) is 23.7 Å². The monoisotopic (exact) mass is 422 g/mol. The molecule has 26 heavy (non-hydrogen) atoms. The largest absolute Gasteiger partial charge is 0.378 e. The number of aromatic nitrogens is 3. The summed E-state index contributed by atoms with van der Waals surface area (Å²) in [6.45, 7) is 0.438. The Labute approximate surface area is 159 Å². The molecule has 2 atom stereocenters. The smallest absolute Gasteiger partial charge is 0.257 e. The summed E-state index contributed by atoms with van der Waals surface area (Å²) in [6.07, 6.45) is 5.45. The van der Waals surface area contributed by atoms with Gasteiger partial charge >= 0.3 is 0 Å². The molecular weight excluding hydrogens is 403 g/mol. The van der Waals surface area contributed by atoms with E-state index in [1.54, 1.807) is 19.2 Å². The second-order valence-electron chi connectivity index (χ2n) is 6.97. The molecule has 138 valence electrons. The quantitative estimate of drug-likeness (QED) is 0.757. The number of hydrogen-bond acceptors (Lipinski definition) is 4. The molecule has 2 aliphatic rings. The minimum atomic E-state index is -0.480. The highest BCUT2D eigenvalue weighted by Gasteiger charge is 2.44. The molecule has 1 aromatic heterocycles. The molecule has 2 bridgehead atoms. The van der Waals surface area contributed by atoms with Crippen molar-refractivity contribution < 1.29 is 13.9 Å². The second-order valence-corrected chi connectivity index (χ2v) is 7.89. The highest BCUT2D eigenvalue weighted by molar-refractivity contribution is 9.10. The Morgan fingerprint density at radius 3 is 2.69 bits per heavy atom. The van der Waals surface area contributed by atoms with Crippen molar-refractivity contribution in [2.24, 2.45) is 0 Å². The molecule has 2 unspecified atom stereocenters. The Balaban J connectivity index is 1.52. The number of piperidine rings is 1. The van der Waals surface area contributed by atoms with Crippen molar-refractivity contribution in [1.29, 1.82) is 0 Å². The lowest BCUT2D eigenvalue weighted by Gasteiger charge is -2.39. The van der Waals surface area contributed by atoms with Gasteiger partial charge in [0.2, 0.25) is 0 Å². The maximum atomic E-state index is 14.2. The Kier molecular flexibility index (Phi) is 4.79. The number of rotatable bonds is 4. The van der Waals surface area contributed by atoms with Crippen molar-refractivity contribution in [3.05, 3.63) is 45.9 Å². The van der Waals surface area contributed by atoms with E-state index in [9.17, 15) is 9.18 Å². The van der Waals surface area contributed by atoms with Crippen molar-refractivity contribution in [3.8, 4) is 0 Å². The predicted octanol–water partition coefficient (Wildman–Crippen LogP) is 3.33. The Morgan fingerprint density at radius 2 is 2.04 bits per heavy atom. The first-order valence-electron chi connectivity index (χ1n) is 8.74. The number of amides is 1. The van der Waals surface area contributed by atoms with Crippen LogP contribution in [0, 0.1) is 5.82 Å². The average molecular weight is 423 g/mol. The van der Waals surface area contributed by atoms with Gasteiger partial charge in [0.1, 0.15) is 11.5 Å². The van der Waals surface area contributed by atoms with E-state index in [0.29, 0.717) is 11.1 Å². The van der Waals surface area contributed by atoms with E-state index in [1.165, 1.54) is 6.07 Å². The zero-order valence-electron chi connectivity index (χ0n) is 14.4. The number of halogens is 2. The third-order valence-electron chi connectivity index (χ3n) is 5.33. The van der Waals surface area contributed by atoms with Crippen LogP contribution in [0.5, 0.6) is 0 Å². The number of methoxy groups -OCH3 is 1. The predicted molar refractivity (Wildman–Crippen MR) is 96.1 cm³/mol. The van der Waals surface area contributed by atoms with Gasteiger partial charge in [-0.25, -0.2) is 9.07 Å². The van der Waals surface area contributed by atoms with Gasteiger partial charge in [0.25, 0.3) is 5.91 Å². The van der Waals surface area contributed by atoms with E-state index in [1.807, 2.05) is 15.8 Å². The molecule has 2 saturated heterocycles. The Morgan fingerprint density at radius 1 is 1.31 bits per heavy atom. The number of nitrogens with zero attached hydrogens (tertiary/aromatic N) is 4. The summed E-state index contributed by atoms with van der Waals surface area (Å²) in [6, 6.07) is 5.05. The molecule has 4 rings (SSSR count). The fourth-order valence-electron chi connectivity index (χ4n) is 4.20. The first-order chi connectivity index (χ1) is 12.6. The van der Waals surface area contributed by atoms with Gasteiger partial charge in [-0.15, -0.1) is 5.10 Å². The van der Waals surface area contributed by atoms with Crippen LogP contribution in [-0.4, -0.2) is 45.0 Å². The summed E-state index contributed by atoms with van der Waals surface area (Å²) in [5.41, 5.74) is 0.946. The minimum Gasteiger partial charge on any atom is -0.378 e. The second kappa shape index (κ2) is 7.08. The maximum absolute atomic E-state index is 14.2. The van der Waals surface area contributed by atoms with Crippen molar-refractivity contribution >= 4 is 21.8 Å². The van der Waals surface area contributed by atoms with Crippen LogP contribution in [0.4, 0.5) is 4.39 Å². The lowest BCUT2D eigenvalue weighted by atomic mass is 9.96. The zero-order chi connectivity index (χ0) is 18.3. The lowest BCUT2D eigenvalue weighted by molar-refractivity contribution is 0.0518. The highest BCUT2D eigenvalue weighted by Crippen LogP contribution is 2.41. The van der Waals surface area contributed by atoms with Crippen LogP contribution in [-0.2, 0) is 11.3 Å². The van der Waals surface area contributed by atoms with Gasteiger partial charge in [0.05, 0.1) is 24.4 Å². The first kappa shape index (κ1) is 17.6. The summed E-state index contributed by atoms with van der Waals surface area (Å²) in [4.78, 5) is 14.8. The molecule has 0 aliphatic carbocycles. The van der Waals surface area contributed by atoms with Crippen LogP contribution in [0.1, 0.15) is 47.8 Å². The molecule has 6 nitrogen and oxygen atoms in total. The molecule has 2 fully saturated rings. The number of carbonyl (C=O) groups excluding carboxylic acids is 1. The van der Waals surface area contributed by atoms with Gasteiger partial charge in [-0.3, -0.25) is 4.79 Å². The topological polar surface area (TPSA) is 60.2 Å². The van der Waals surface area contributed by atoms with Crippen LogP contribution in [0.3, 0.4) is 0 Å². The van der Waals surface area contributed by atoms with Crippen LogP contribution >= 0.6 is 15.9 Å². The maximum Gasteiger partial charge on any atom is 0.257 e. The van der Waals surface area contributed by atoms with E-state index in [0.717, 1.165) is 31.4 Å². The molecule has 3 heterocycles. The van der Waals surface area contributed by atoms with Crippen molar-refractivity contribution in [3.63, 3.8) is 0 Å². The summed E-state index contributed by atoms with van der Waals surface area (Å²) >= 11 is 3.23. The highest BCUT2D eigenvalue weighted by atomic mass is 79.9. The SMILES string of the molecule is COCc1cn(C2CC3CCC(C2)N3C(=O)c2ccc(Br)cc2F)nn1. The number of hydrogen-bond donors (Lipinski definition) is 0. The molecule has 0 N–H and O–H groups in total. The van der Waals surface area contributed by atoms with Crippen LogP contribution in [0.25, 0.3) is 0 Å².